The summed E-state index contributed by atoms with van der Waals surface area (Å²) in [4.78, 5) is 15.2. The molecule has 1 heterocycles. The zero-order valence-corrected chi connectivity index (χ0v) is 24.4. The second kappa shape index (κ2) is 11.9. The van der Waals surface area contributed by atoms with E-state index in [1.165, 1.54) is 0 Å². The maximum atomic E-state index is 13.5. The van der Waals surface area contributed by atoms with Crippen molar-refractivity contribution in [3.05, 3.63) is 71.3 Å². The van der Waals surface area contributed by atoms with Gasteiger partial charge >= 0.3 is 0 Å². The molecule has 3 aromatic rings. The average molecular weight is 568 g/mol. The Balaban J connectivity index is 1.57. The number of ether oxygens (including phenoxy) is 3. The molecular formula is C30H37N3O6S. The first-order valence-electron chi connectivity index (χ1n) is 13.0. The molecule has 4 rings (SSSR count). The van der Waals surface area contributed by atoms with E-state index in [9.17, 15) is 13.2 Å². The molecule has 10 heteroatoms. The molecule has 214 valence electrons. The number of carbonyl (C=O) groups is 1. The molecule has 0 atom stereocenters. The molecule has 0 radical (unpaired) electrons. The molecule has 9 nitrogen and oxygen atoms in total. The van der Waals surface area contributed by atoms with E-state index in [-0.39, 0.29) is 29.6 Å². The summed E-state index contributed by atoms with van der Waals surface area (Å²) in [6.07, 6.45) is 1.69. The Hall–Kier alpha value is -3.60. The van der Waals surface area contributed by atoms with Crippen LogP contribution >= 0.6 is 0 Å². The van der Waals surface area contributed by atoms with E-state index in [2.05, 4.69) is 31.6 Å². The van der Waals surface area contributed by atoms with Crippen LogP contribution < -0.4 is 20.1 Å². The number of carbonyl (C=O) groups excluding carboxylic acids is 1. The van der Waals surface area contributed by atoms with E-state index in [4.69, 9.17) is 19.9 Å². The number of benzene rings is 3. The summed E-state index contributed by atoms with van der Waals surface area (Å²) in [7, 11) is -2.03. The Kier molecular flexibility index (Phi) is 8.72. The number of hydrogen-bond donors (Lipinski definition) is 2. The second-order valence-corrected chi connectivity index (χ2v) is 12.6. The van der Waals surface area contributed by atoms with Gasteiger partial charge in [0.25, 0.3) is 5.91 Å². The van der Waals surface area contributed by atoms with E-state index < -0.39 is 10.0 Å². The highest BCUT2D eigenvalue weighted by molar-refractivity contribution is 7.92. The van der Waals surface area contributed by atoms with Crippen LogP contribution in [0, 0.1) is 0 Å². The summed E-state index contributed by atoms with van der Waals surface area (Å²) < 4.78 is 42.4. The van der Waals surface area contributed by atoms with E-state index >= 15 is 0 Å². The third kappa shape index (κ3) is 6.93. The molecule has 0 spiro atoms. The van der Waals surface area contributed by atoms with Crippen molar-refractivity contribution >= 4 is 33.0 Å². The molecule has 40 heavy (non-hydrogen) atoms. The predicted octanol–water partition coefficient (Wildman–Crippen LogP) is 4.81. The summed E-state index contributed by atoms with van der Waals surface area (Å²) in [5, 5.41) is 0. The first kappa shape index (κ1) is 29.4. The molecular weight excluding hydrogens is 530 g/mol. The minimum absolute atomic E-state index is 0.00273. The van der Waals surface area contributed by atoms with Crippen molar-refractivity contribution in [3.63, 3.8) is 0 Å². The van der Waals surface area contributed by atoms with Crippen LogP contribution in [0.2, 0.25) is 0 Å². The SMILES string of the molecule is COCCOCOc1ccc(N2CCc3cc(-c4ccc(C(C)(C)C)cc4N)ccc3C2=O)cc1NS(C)(=O)=O. The van der Waals surface area contributed by atoms with Gasteiger partial charge in [0, 0.05) is 36.2 Å². The van der Waals surface area contributed by atoms with Gasteiger partial charge in [-0.3, -0.25) is 9.52 Å². The van der Waals surface area contributed by atoms with Gasteiger partial charge in [-0.25, -0.2) is 8.42 Å². The second-order valence-electron chi connectivity index (χ2n) is 10.8. The smallest absolute Gasteiger partial charge is 0.258 e. The summed E-state index contributed by atoms with van der Waals surface area (Å²) in [5.41, 5.74) is 12.5. The monoisotopic (exact) mass is 567 g/mol. The fraction of sp³-hybridized carbons (Fsp3) is 0.367. The molecule has 0 saturated carbocycles. The maximum Gasteiger partial charge on any atom is 0.258 e. The highest BCUT2D eigenvalue weighted by Gasteiger charge is 2.27. The van der Waals surface area contributed by atoms with E-state index in [1.807, 2.05) is 30.3 Å². The lowest BCUT2D eigenvalue weighted by Crippen LogP contribution is -2.37. The Morgan fingerprint density at radius 1 is 1.00 bits per heavy atom. The van der Waals surface area contributed by atoms with Gasteiger partial charge in [-0.15, -0.1) is 0 Å². The molecule has 0 aliphatic carbocycles. The van der Waals surface area contributed by atoms with Gasteiger partial charge in [0.05, 0.1) is 25.2 Å². The van der Waals surface area contributed by atoms with Crippen molar-refractivity contribution in [2.24, 2.45) is 0 Å². The molecule has 1 amide bonds. The molecule has 0 fully saturated rings. The van der Waals surface area contributed by atoms with Gasteiger partial charge in [-0.05, 0) is 58.9 Å². The van der Waals surface area contributed by atoms with Crippen molar-refractivity contribution in [1.82, 2.24) is 0 Å². The molecule has 0 unspecified atom stereocenters. The van der Waals surface area contributed by atoms with Crippen molar-refractivity contribution in [3.8, 4) is 16.9 Å². The molecule has 0 aromatic heterocycles. The maximum absolute atomic E-state index is 13.5. The number of amides is 1. The summed E-state index contributed by atoms with van der Waals surface area (Å²) >= 11 is 0. The van der Waals surface area contributed by atoms with Crippen molar-refractivity contribution in [2.45, 2.75) is 32.6 Å². The number of nitrogens with one attached hydrogen (secondary N) is 1. The van der Waals surface area contributed by atoms with Crippen LogP contribution in [0.1, 0.15) is 42.3 Å². The highest BCUT2D eigenvalue weighted by Crippen LogP contribution is 2.36. The lowest BCUT2D eigenvalue weighted by molar-refractivity contribution is -0.00813. The number of anilines is 3. The topological polar surface area (TPSA) is 120 Å². The van der Waals surface area contributed by atoms with E-state index in [1.54, 1.807) is 30.2 Å². The number of nitrogens with two attached hydrogens (primary N) is 1. The normalized spacial score (nSPS) is 13.7. The first-order valence-corrected chi connectivity index (χ1v) is 14.9. The van der Waals surface area contributed by atoms with Crippen molar-refractivity contribution in [1.29, 1.82) is 0 Å². The standard InChI is InChI=1S/C30H37N3O6S/c1-30(2,3)22-7-10-24(26(31)17-22)20-6-9-25-21(16-20)12-13-33(29(25)34)23-8-11-28(39-19-38-15-14-37-4)27(18-23)32-40(5,35)36/h6-11,16-18,32H,12-15,19,31H2,1-5H3. The fourth-order valence-electron chi connectivity index (χ4n) is 4.59. The fourth-order valence-corrected chi connectivity index (χ4v) is 5.15. The van der Waals surface area contributed by atoms with Crippen LogP contribution in [0.5, 0.6) is 5.75 Å². The number of methoxy groups -OCH3 is 1. The lowest BCUT2D eigenvalue weighted by Gasteiger charge is -2.30. The van der Waals surface area contributed by atoms with Gasteiger partial charge in [0.15, 0.2) is 6.79 Å². The molecule has 1 aliphatic heterocycles. The number of nitrogen functional groups attached to an aromatic ring is 1. The zero-order chi connectivity index (χ0) is 29.1. The van der Waals surface area contributed by atoms with Crippen LogP contribution in [-0.4, -0.2) is 54.2 Å². The Morgan fingerprint density at radius 2 is 1.75 bits per heavy atom. The van der Waals surface area contributed by atoms with Crippen LogP contribution in [0.4, 0.5) is 17.1 Å². The third-order valence-electron chi connectivity index (χ3n) is 6.71. The van der Waals surface area contributed by atoms with Crippen molar-refractivity contribution in [2.75, 3.05) is 55.3 Å². The zero-order valence-electron chi connectivity index (χ0n) is 23.6. The van der Waals surface area contributed by atoms with E-state index in [0.29, 0.717) is 43.1 Å². The van der Waals surface area contributed by atoms with Crippen LogP contribution in [-0.2, 0) is 31.3 Å². The van der Waals surface area contributed by atoms with Gasteiger partial charge in [-0.1, -0.05) is 45.0 Å². The molecule has 3 N–H and O–H groups in total. The first-order chi connectivity index (χ1) is 18.9. The summed E-state index contributed by atoms with van der Waals surface area (Å²) in [5.74, 6) is 0.127. The number of nitrogens with zero attached hydrogens (tertiary/aromatic N) is 1. The van der Waals surface area contributed by atoms with Gasteiger partial charge in [0.2, 0.25) is 10.0 Å². The number of rotatable bonds is 10. The third-order valence-corrected chi connectivity index (χ3v) is 7.30. The molecule has 1 aliphatic rings. The van der Waals surface area contributed by atoms with Crippen LogP contribution in [0.3, 0.4) is 0 Å². The number of sulfonamides is 1. The molecule has 0 saturated heterocycles. The number of hydrogen-bond acceptors (Lipinski definition) is 7. The van der Waals surface area contributed by atoms with Crippen LogP contribution in [0.15, 0.2) is 54.6 Å². The molecule has 0 bridgehead atoms. The van der Waals surface area contributed by atoms with Gasteiger partial charge < -0.3 is 24.8 Å². The minimum Gasteiger partial charge on any atom is -0.465 e. The number of fused-ring (bicyclic) bond motifs is 1. The molecule has 3 aromatic carbocycles. The Labute approximate surface area is 236 Å². The lowest BCUT2D eigenvalue weighted by atomic mass is 9.85. The minimum atomic E-state index is -3.60. The largest absolute Gasteiger partial charge is 0.465 e. The highest BCUT2D eigenvalue weighted by atomic mass is 32.2. The van der Waals surface area contributed by atoms with Gasteiger partial charge in [0.1, 0.15) is 5.75 Å². The Morgan fingerprint density at radius 3 is 2.42 bits per heavy atom. The van der Waals surface area contributed by atoms with Gasteiger partial charge in [-0.2, -0.15) is 0 Å². The average Bonchev–Trinajstić information content (AvgIpc) is 2.88. The Bertz CT molecular complexity index is 1500. The van der Waals surface area contributed by atoms with Crippen molar-refractivity contribution < 1.29 is 27.4 Å². The van der Waals surface area contributed by atoms with E-state index in [0.717, 1.165) is 28.5 Å². The predicted molar refractivity (Wildman–Crippen MR) is 159 cm³/mol. The summed E-state index contributed by atoms with van der Waals surface area (Å²) in [6.45, 7) is 7.55. The summed E-state index contributed by atoms with van der Waals surface area (Å²) in [6, 6.07) is 16.9. The van der Waals surface area contributed by atoms with Crippen LogP contribution in [0.25, 0.3) is 11.1 Å². The quantitative estimate of drug-likeness (QED) is 0.205.